The van der Waals surface area contributed by atoms with Gasteiger partial charge in [-0.15, -0.1) is 0 Å². The van der Waals surface area contributed by atoms with Gasteiger partial charge < -0.3 is 16.0 Å². The molecule has 0 aromatic carbocycles. The van der Waals surface area contributed by atoms with Crippen LogP contribution in [-0.4, -0.2) is 37.4 Å². The van der Waals surface area contributed by atoms with Gasteiger partial charge in [-0.05, 0) is 12.8 Å². The van der Waals surface area contributed by atoms with Crippen molar-refractivity contribution in [1.29, 1.82) is 0 Å². The lowest BCUT2D eigenvalue weighted by Crippen LogP contribution is -2.39. The normalized spacial score (nSPS) is 11.8. The van der Waals surface area contributed by atoms with Gasteiger partial charge in [0.05, 0.1) is 6.54 Å². The molecule has 0 saturated heterocycles. The predicted octanol–water partition coefficient (Wildman–Crippen LogP) is -0.601. The molecule has 1 atom stereocenters. The van der Waals surface area contributed by atoms with E-state index in [2.05, 4.69) is 16.0 Å². The predicted molar refractivity (Wildman–Crippen MR) is 64.1 cm³/mol. The highest BCUT2D eigenvalue weighted by atomic mass is 16.2. The molecule has 0 aliphatic heterocycles. The van der Waals surface area contributed by atoms with E-state index >= 15 is 0 Å². The van der Waals surface area contributed by atoms with Gasteiger partial charge in [-0.25, -0.2) is 0 Å². The monoisotopic (exact) mass is 243 g/mol. The molecule has 98 valence electrons. The zero-order valence-corrected chi connectivity index (χ0v) is 10.6. The third-order valence-electron chi connectivity index (χ3n) is 2.41. The first-order valence-electron chi connectivity index (χ1n) is 5.70. The summed E-state index contributed by atoms with van der Waals surface area (Å²) in [6, 6.07) is 0.120. The van der Waals surface area contributed by atoms with Gasteiger partial charge in [-0.2, -0.15) is 0 Å². The van der Waals surface area contributed by atoms with Crippen LogP contribution in [0.4, 0.5) is 0 Å². The van der Waals surface area contributed by atoms with Crippen molar-refractivity contribution in [3.63, 3.8) is 0 Å². The maximum Gasteiger partial charge on any atom is 0.239 e. The van der Waals surface area contributed by atoms with E-state index in [4.69, 9.17) is 0 Å². The van der Waals surface area contributed by atoms with E-state index in [9.17, 15) is 14.4 Å². The Morgan fingerprint density at radius 2 is 1.82 bits per heavy atom. The Bertz CT molecular complexity index is 267. The molecule has 17 heavy (non-hydrogen) atoms. The Hall–Kier alpha value is -1.59. The molecule has 0 heterocycles. The molecule has 3 N–H and O–H groups in total. The van der Waals surface area contributed by atoms with Gasteiger partial charge in [-0.3, -0.25) is 14.4 Å². The number of amides is 3. The minimum absolute atomic E-state index is 0.0620. The van der Waals surface area contributed by atoms with Crippen molar-refractivity contribution in [3.8, 4) is 0 Å². The van der Waals surface area contributed by atoms with Gasteiger partial charge in [0.1, 0.15) is 0 Å². The van der Waals surface area contributed by atoms with Crippen LogP contribution in [-0.2, 0) is 14.4 Å². The highest BCUT2D eigenvalue weighted by molar-refractivity contribution is 5.81. The van der Waals surface area contributed by atoms with Crippen molar-refractivity contribution < 1.29 is 14.4 Å². The fourth-order valence-corrected chi connectivity index (χ4v) is 1.01. The molecular weight excluding hydrogens is 222 g/mol. The minimum atomic E-state index is -0.304. The highest BCUT2D eigenvalue weighted by Gasteiger charge is 2.10. The van der Waals surface area contributed by atoms with Crippen molar-refractivity contribution >= 4 is 18.2 Å². The maximum atomic E-state index is 11.4. The third-order valence-corrected chi connectivity index (χ3v) is 2.41. The second-order valence-electron chi connectivity index (χ2n) is 4.20. The van der Waals surface area contributed by atoms with Crippen LogP contribution < -0.4 is 16.0 Å². The molecule has 0 aliphatic rings. The van der Waals surface area contributed by atoms with Crippen LogP contribution >= 0.6 is 0 Å². The fraction of sp³-hybridized carbons (Fsp3) is 0.727. The summed E-state index contributed by atoms with van der Waals surface area (Å²) in [4.78, 5) is 32.4. The molecule has 0 radical (unpaired) electrons. The maximum absolute atomic E-state index is 11.4. The van der Waals surface area contributed by atoms with E-state index in [-0.39, 0.29) is 37.4 Å². The lowest BCUT2D eigenvalue weighted by Gasteiger charge is -2.17. The summed E-state index contributed by atoms with van der Waals surface area (Å²) in [5, 5.41) is 7.60. The Balaban J connectivity index is 3.64. The van der Waals surface area contributed by atoms with E-state index in [1.54, 1.807) is 0 Å². The number of hydrogen-bond acceptors (Lipinski definition) is 3. The third kappa shape index (κ3) is 8.24. The average Bonchev–Trinajstić information content (AvgIpc) is 2.26. The zero-order valence-electron chi connectivity index (χ0n) is 10.6. The summed E-state index contributed by atoms with van der Waals surface area (Å²) in [7, 11) is 0. The summed E-state index contributed by atoms with van der Waals surface area (Å²) < 4.78 is 0. The average molecular weight is 243 g/mol. The van der Waals surface area contributed by atoms with E-state index in [0.717, 1.165) is 0 Å². The zero-order chi connectivity index (χ0) is 13.3. The molecule has 1 unspecified atom stereocenters. The summed E-state index contributed by atoms with van der Waals surface area (Å²) in [6.45, 7) is 6.20. The van der Waals surface area contributed by atoms with Crippen LogP contribution in [0.25, 0.3) is 0 Å². The molecule has 0 aromatic rings. The molecule has 0 bridgehead atoms. The van der Waals surface area contributed by atoms with Crippen molar-refractivity contribution in [3.05, 3.63) is 0 Å². The second kappa shape index (κ2) is 8.55. The topological polar surface area (TPSA) is 87.3 Å². The molecular formula is C11H21N3O3. The second-order valence-corrected chi connectivity index (χ2v) is 4.20. The molecule has 0 saturated carbocycles. The van der Waals surface area contributed by atoms with Gasteiger partial charge in [0.25, 0.3) is 0 Å². The quantitative estimate of drug-likeness (QED) is 0.497. The first-order valence-corrected chi connectivity index (χ1v) is 5.70. The van der Waals surface area contributed by atoms with Crippen molar-refractivity contribution in [1.82, 2.24) is 16.0 Å². The molecule has 0 fully saturated rings. The van der Waals surface area contributed by atoms with E-state index in [0.29, 0.717) is 12.3 Å². The first-order chi connectivity index (χ1) is 7.97. The molecule has 3 amide bonds. The summed E-state index contributed by atoms with van der Waals surface area (Å²) in [6.07, 6.45) is 0.695. The van der Waals surface area contributed by atoms with Gasteiger partial charge in [-0.1, -0.05) is 13.8 Å². The van der Waals surface area contributed by atoms with Crippen LogP contribution in [0.3, 0.4) is 0 Å². The molecule has 0 aromatic heterocycles. The Morgan fingerprint density at radius 3 is 2.35 bits per heavy atom. The van der Waals surface area contributed by atoms with Crippen LogP contribution in [0.1, 0.15) is 27.2 Å². The molecule has 6 heteroatoms. The van der Waals surface area contributed by atoms with Gasteiger partial charge in [0, 0.05) is 19.0 Å². The number of hydrogen-bond donors (Lipinski definition) is 3. The SMILES string of the molecule is CC(C)C(C)NC(=O)CCNC(=O)CNC=O. The lowest BCUT2D eigenvalue weighted by molar-refractivity contribution is -0.123. The molecule has 6 nitrogen and oxygen atoms in total. The Morgan fingerprint density at radius 1 is 1.18 bits per heavy atom. The van der Waals surface area contributed by atoms with Gasteiger partial charge >= 0.3 is 0 Å². The van der Waals surface area contributed by atoms with Crippen LogP contribution in [0, 0.1) is 5.92 Å². The first kappa shape index (κ1) is 15.4. The Labute approximate surface area is 102 Å². The number of carbonyl (C=O) groups excluding carboxylic acids is 3. The van der Waals surface area contributed by atoms with Crippen molar-refractivity contribution in [2.75, 3.05) is 13.1 Å². The summed E-state index contributed by atoms with van der Waals surface area (Å²) in [5.74, 6) is -0.0120. The number of nitrogens with one attached hydrogen (secondary N) is 3. The van der Waals surface area contributed by atoms with Gasteiger partial charge in [0.15, 0.2) is 0 Å². The van der Waals surface area contributed by atoms with E-state index < -0.39 is 0 Å². The van der Waals surface area contributed by atoms with Crippen LogP contribution in [0.2, 0.25) is 0 Å². The molecule has 0 aliphatic carbocycles. The van der Waals surface area contributed by atoms with E-state index in [1.807, 2.05) is 20.8 Å². The highest BCUT2D eigenvalue weighted by Crippen LogP contribution is 1.99. The summed E-state index contributed by atoms with van der Waals surface area (Å²) >= 11 is 0. The van der Waals surface area contributed by atoms with Crippen LogP contribution in [0.15, 0.2) is 0 Å². The van der Waals surface area contributed by atoms with E-state index in [1.165, 1.54) is 0 Å². The smallest absolute Gasteiger partial charge is 0.239 e. The number of carbonyl (C=O) groups is 3. The summed E-state index contributed by atoms with van der Waals surface area (Å²) in [5.41, 5.74) is 0. The fourth-order valence-electron chi connectivity index (χ4n) is 1.01. The van der Waals surface area contributed by atoms with Crippen molar-refractivity contribution in [2.24, 2.45) is 5.92 Å². The van der Waals surface area contributed by atoms with Gasteiger partial charge in [0.2, 0.25) is 18.2 Å². The van der Waals surface area contributed by atoms with Crippen LogP contribution in [0.5, 0.6) is 0 Å². The van der Waals surface area contributed by atoms with Crippen molar-refractivity contribution in [2.45, 2.75) is 33.2 Å². The standard InChI is InChI=1S/C11H21N3O3/c1-8(2)9(3)14-10(16)4-5-13-11(17)6-12-7-15/h7-9H,4-6H2,1-3H3,(H,12,15)(H,13,17)(H,14,16). The molecule has 0 rings (SSSR count). The lowest BCUT2D eigenvalue weighted by atomic mass is 10.1. The Kier molecular flexibility index (Phi) is 7.75. The number of rotatable bonds is 8. The minimum Gasteiger partial charge on any atom is -0.354 e. The largest absolute Gasteiger partial charge is 0.354 e. The molecule has 0 spiro atoms.